The van der Waals surface area contributed by atoms with Crippen LogP contribution in [0.3, 0.4) is 0 Å². The highest BCUT2D eigenvalue weighted by Crippen LogP contribution is 2.26. The van der Waals surface area contributed by atoms with Gasteiger partial charge < -0.3 is 20.3 Å². The van der Waals surface area contributed by atoms with Crippen molar-refractivity contribution in [3.8, 4) is 0 Å². The van der Waals surface area contributed by atoms with E-state index in [0.29, 0.717) is 50.9 Å². The number of hydrogen-bond acceptors (Lipinski definition) is 6. The first kappa shape index (κ1) is 23.0. The van der Waals surface area contributed by atoms with E-state index in [9.17, 15) is 18.8 Å². The summed E-state index contributed by atoms with van der Waals surface area (Å²) in [6.07, 6.45) is 4.01. The van der Waals surface area contributed by atoms with Gasteiger partial charge in [0.05, 0.1) is 24.0 Å². The highest BCUT2D eigenvalue weighted by molar-refractivity contribution is 6.33. The summed E-state index contributed by atoms with van der Waals surface area (Å²) in [5, 5.41) is 11.9. The van der Waals surface area contributed by atoms with Gasteiger partial charge in [-0.3, -0.25) is 9.59 Å². The van der Waals surface area contributed by atoms with Gasteiger partial charge in [-0.1, -0.05) is 23.7 Å². The molecule has 1 aromatic carbocycles. The molecule has 4 rings (SSSR count). The predicted molar refractivity (Wildman–Crippen MR) is 120 cm³/mol. The molecule has 9 nitrogen and oxygen atoms in total. The molecule has 0 bridgehead atoms. The molecular formula is C22H25ClFN5O4. The third-order valence-electron chi connectivity index (χ3n) is 6.04. The maximum atomic E-state index is 13.8. The molecule has 2 heterocycles. The zero-order valence-corrected chi connectivity index (χ0v) is 18.6. The number of anilines is 1. The average Bonchev–Trinajstić information content (AvgIpc) is 3.25. The van der Waals surface area contributed by atoms with E-state index in [1.807, 2.05) is 4.90 Å². The summed E-state index contributed by atoms with van der Waals surface area (Å²) < 4.78 is 19.3. The third-order valence-corrected chi connectivity index (χ3v) is 6.40. The molecule has 2 aliphatic rings. The van der Waals surface area contributed by atoms with E-state index in [1.54, 1.807) is 12.1 Å². The van der Waals surface area contributed by atoms with Crippen LogP contribution in [0.5, 0.6) is 0 Å². The van der Waals surface area contributed by atoms with Crippen LogP contribution in [0.25, 0.3) is 0 Å². The number of nitrogens with zero attached hydrogens (tertiary/aromatic N) is 2. The molecule has 1 aliphatic carbocycles. The third kappa shape index (κ3) is 5.62. The van der Waals surface area contributed by atoms with Crippen LogP contribution in [0.1, 0.15) is 42.5 Å². The number of nitrogens with one attached hydrogen (secondary N) is 3. The molecule has 1 saturated carbocycles. The predicted octanol–water partition coefficient (Wildman–Crippen LogP) is 2.61. The number of rotatable bonds is 5. The highest BCUT2D eigenvalue weighted by atomic mass is 35.5. The van der Waals surface area contributed by atoms with Gasteiger partial charge in [-0.2, -0.15) is 5.10 Å². The second-order valence-electron chi connectivity index (χ2n) is 8.31. The summed E-state index contributed by atoms with van der Waals surface area (Å²) in [5.74, 6) is -0.971. The SMILES string of the molecule is O=C(N[C@H]1CC[C@H](NC(=O)c2ccccc2F)CC1)O[C@@H]1CCN(c2cn[nH]c(=O)c2Cl)C1. The second-order valence-corrected chi connectivity index (χ2v) is 8.68. The van der Waals surface area contributed by atoms with Gasteiger partial charge in [0.25, 0.3) is 11.5 Å². The van der Waals surface area contributed by atoms with Gasteiger partial charge in [-0.05, 0) is 37.8 Å². The Hall–Kier alpha value is -3.14. The lowest BCUT2D eigenvalue weighted by molar-refractivity contribution is 0.0905. The number of alkyl carbamates (subject to hydrolysis) is 1. The average molecular weight is 478 g/mol. The minimum absolute atomic E-state index is 0.0316. The quantitative estimate of drug-likeness (QED) is 0.609. The van der Waals surface area contributed by atoms with Crippen LogP contribution in [0.15, 0.2) is 35.3 Å². The Morgan fingerprint density at radius 1 is 1.12 bits per heavy atom. The Morgan fingerprint density at radius 2 is 1.82 bits per heavy atom. The van der Waals surface area contributed by atoms with E-state index >= 15 is 0 Å². The van der Waals surface area contributed by atoms with Crippen molar-refractivity contribution >= 4 is 29.3 Å². The normalized spacial score (nSPS) is 22.6. The minimum Gasteiger partial charge on any atom is -0.444 e. The summed E-state index contributed by atoms with van der Waals surface area (Å²) >= 11 is 6.05. The summed E-state index contributed by atoms with van der Waals surface area (Å²) in [6, 6.07) is 5.76. The maximum Gasteiger partial charge on any atom is 0.407 e. The molecule has 1 atom stereocenters. The van der Waals surface area contributed by atoms with Crippen LogP contribution >= 0.6 is 11.6 Å². The van der Waals surface area contributed by atoms with Gasteiger partial charge in [0, 0.05) is 25.0 Å². The van der Waals surface area contributed by atoms with Crippen molar-refractivity contribution in [1.29, 1.82) is 0 Å². The van der Waals surface area contributed by atoms with Crippen LogP contribution in [-0.2, 0) is 4.74 Å². The van der Waals surface area contributed by atoms with Gasteiger partial charge >= 0.3 is 6.09 Å². The lowest BCUT2D eigenvalue weighted by Crippen LogP contribution is -2.44. The number of H-pyrrole nitrogens is 1. The summed E-state index contributed by atoms with van der Waals surface area (Å²) in [6.45, 7) is 1.02. The number of aromatic amines is 1. The largest absolute Gasteiger partial charge is 0.444 e. The van der Waals surface area contributed by atoms with Crippen LogP contribution in [0.2, 0.25) is 5.02 Å². The molecule has 2 aromatic rings. The fourth-order valence-electron chi connectivity index (χ4n) is 4.28. The van der Waals surface area contributed by atoms with Crippen molar-refractivity contribution in [3.63, 3.8) is 0 Å². The number of carbonyl (C=O) groups is 2. The number of ether oxygens (including phenoxy) is 1. The molecule has 2 fully saturated rings. The molecule has 1 saturated heterocycles. The maximum absolute atomic E-state index is 13.8. The number of aromatic nitrogens is 2. The Balaban J connectivity index is 1.20. The van der Waals surface area contributed by atoms with Crippen molar-refractivity contribution in [3.05, 3.63) is 57.2 Å². The molecule has 11 heteroatoms. The molecule has 176 valence electrons. The Morgan fingerprint density at radius 3 is 2.55 bits per heavy atom. The molecule has 2 amide bonds. The number of hydrogen-bond donors (Lipinski definition) is 3. The lowest BCUT2D eigenvalue weighted by atomic mass is 9.91. The summed E-state index contributed by atoms with van der Waals surface area (Å²) in [5.41, 5.74) is 0.0868. The molecule has 0 spiro atoms. The van der Waals surface area contributed by atoms with Crippen molar-refractivity contribution in [2.45, 2.75) is 50.3 Å². The molecule has 3 N–H and O–H groups in total. The monoisotopic (exact) mass is 477 g/mol. The van der Waals surface area contributed by atoms with Gasteiger partial charge in [0.1, 0.15) is 16.9 Å². The molecule has 0 unspecified atom stereocenters. The molecule has 0 radical (unpaired) electrons. The Bertz CT molecular complexity index is 1070. The van der Waals surface area contributed by atoms with Gasteiger partial charge in [0.2, 0.25) is 0 Å². The van der Waals surface area contributed by atoms with Gasteiger partial charge in [-0.25, -0.2) is 14.3 Å². The first-order chi connectivity index (χ1) is 15.9. The van der Waals surface area contributed by atoms with Crippen LogP contribution in [0.4, 0.5) is 14.9 Å². The molecule has 1 aliphatic heterocycles. The zero-order valence-electron chi connectivity index (χ0n) is 17.9. The number of halogens is 2. The first-order valence-electron chi connectivity index (χ1n) is 10.9. The van der Waals surface area contributed by atoms with Crippen molar-refractivity contribution < 1.29 is 18.7 Å². The summed E-state index contributed by atoms with van der Waals surface area (Å²) in [7, 11) is 0. The molecule has 1 aromatic heterocycles. The Labute approximate surface area is 194 Å². The second kappa shape index (κ2) is 10.2. The fraction of sp³-hybridized carbons (Fsp3) is 0.455. The van der Waals surface area contributed by atoms with Crippen LogP contribution in [0, 0.1) is 5.82 Å². The Kier molecular flexibility index (Phi) is 7.12. The molecular weight excluding hydrogens is 453 g/mol. The van der Waals surface area contributed by atoms with Gasteiger partial charge in [0.15, 0.2) is 0 Å². The standard InChI is InChI=1S/C22H25ClFN5O4/c23-19-18(11-25-28-21(19)31)29-10-9-15(12-29)33-22(32)27-14-7-5-13(6-8-14)26-20(30)16-3-1-2-4-17(16)24/h1-4,11,13-15H,5-10,12H2,(H,26,30)(H,27,32)(H,28,31)/t13-,14-,15-/m1/s1. The van der Waals surface area contributed by atoms with Crippen molar-refractivity contribution in [2.24, 2.45) is 0 Å². The number of carbonyl (C=O) groups excluding carboxylic acids is 2. The highest BCUT2D eigenvalue weighted by Gasteiger charge is 2.30. The first-order valence-corrected chi connectivity index (χ1v) is 11.3. The molecule has 33 heavy (non-hydrogen) atoms. The van der Waals surface area contributed by atoms with E-state index < -0.39 is 23.4 Å². The minimum atomic E-state index is -0.545. The lowest BCUT2D eigenvalue weighted by Gasteiger charge is -2.29. The van der Waals surface area contributed by atoms with Gasteiger partial charge in [-0.15, -0.1) is 0 Å². The summed E-state index contributed by atoms with van der Waals surface area (Å²) in [4.78, 5) is 38.1. The number of amides is 2. The van der Waals surface area contributed by atoms with Crippen LogP contribution in [-0.4, -0.2) is 53.5 Å². The van der Waals surface area contributed by atoms with Crippen molar-refractivity contribution in [2.75, 3.05) is 18.0 Å². The van der Waals surface area contributed by atoms with E-state index in [0.717, 1.165) is 0 Å². The topological polar surface area (TPSA) is 116 Å². The van der Waals surface area contributed by atoms with Crippen molar-refractivity contribution in [1.82, 2.24) is 20.8 Å². The van der Waals surface area contributed by atoms with E-state index in [1.165, 1.54) is 18.3 Å². The fourth-order valence-corrected chi connectivity index (χ4v) is 4.49. The van der Waals surface area contributed by atoms with E-state index in [4.69, 9.17) is 16.3 Å². The zero-order chi connectivity index (χ0) is 23.4. The van der Waals surface area contributed by atoms with E-state index in [-0.39, 0.29) is 28.8 Å². The van der Waals surface area contributed by atoms with Crippen LogP contribution < -0.4 is 21.1 Å². The smallest absolute Gasteiger partial charge is 0.407 e. The number of benzene rings is 1. The van der Waals surface area contributed by atoms with E-state index in [2.05, 4.69) is 20.8 Å².